The molecule has 5 nitrogen and oxygen atoms in total. The zero-order chi connectivity index (χ0) is 13.3. The Morgan fingerprint density at radius 2 is 2.05 bits per heavy atom. The minimum absolute atomic E-state index is 0.132. The fourth-order valence-corrected chi connectivity index (χ4v) is 3.52. The minimum Gasteiger partial charge on any atom is -0.364 e. The van der Waals surface area contributed by atoms with E-state index in [0.717, 1.165) is 16.0 Å². The normalized spacial score (nSPS) is 18.4. The van der Waals surface area contributed by atoms with Gasteiger partial charge in [0.1, 0.15) is 10.6 Å². The van der Waals surface area contributed by atoms with Gasteiger partial charge in [-0.25, -0.2) is 10.8 Å². The van der Waals surface area contributed by atoms with E-state index in [4.69, 9.17) is 5.84 Å². The highest BCUT2D eigenvalue weighted by Gasteiger charge is 2.27. The van der Waals surface area contributed by atoms with Crippen molar-refractivity contribution in [3.05, 3.63) is 11.4 Å². The molecule has 1 fully saturated rings. The van der Waals surface area contributed by atoms with Gasteiger partial charge in [-0.3, -0.25) is 5.43 Å². The number of anilines is 2. The van der Waals surface area contributed by atoms with Crippen LogP contribution in [0, 0.1) is 0 Å². The van der Waals surface area contributed by atoms with Gasteiger partial charge in [0.25, 0.3) is 0 Å². The Labute approximate surface area is 116 Å². The smallest absolute Gasteiger partial charge is 0.240 e. The number of nitrogens with two attached hydrogens (primary N) is 1. The van der Waals surface area contributed by atoms with Gasteiger partial charge in [-0.15, -0.1) is 11.3 Å². The summed E-state index contributed by atoms with van der Waals surface area (Å²) in [6.07, 6.45) is 6.28. The maximum Gasteiger partial charge on any atom is 0.240 e. The first-order valence-corrected chi connectivity index (χ1v) is 7.58. The van der Waals surface area contributed by atoms with Gasteiger partial charge in [0, 0.05) is 5.54 Å². The first-order valence-electron chi connectivity index (χ1n) is 6.70. The molecule has 2 heterocycles. The van der Waals surface area contributed by atoms with Gasteiger partial charge in [0.2, 0.25) is 5.95 Å². The lowest BCUT2D eigenvalue weighted by Crippen LogP contribution is -2.37. The zero-order valence-corrected chi connectivity index (χ0v) is 11.9. The van der Waals surface area contributed by atoms with Crippen LogP contribution in [0.3, 0.4) is 0 Å². The summed E-state index contributed by atoms with van der Waals surface area (Å²) < 4.78 is 0. The molecule has 1 saturated carbocycles. The van der Waals surface area contributed by atoms with E-state index in [-0.39, 0.29) is 5.54 Å². The van der Waals surface area contributed by atoms with Crippen LogP contribution in [0.15, 0.2) is 11.4 Å². The predicted octanol–water partition coefficient (Wildman–Crippen LogP) is 3.11. The van der Waals surface area contributed by atoms with E-state index < -0.39 is 0 Å². The number of nitrogen functional groups attached to an aromatic ring is 1. The molecule has 2 aromatic heterocycles. The molecule has 6 heteroatoms. The summed E-state index contributed by atoms with van der Waals surface area (Å²) >= 11 is 1.61. The Balaban J connectivity index is 1.96. The van der Waals surface area contributed by atoms with Crippen LogP contribution in [0.4, 0.5) is 11.8 Å². The Bertz CT molecular complexity index is 573. The molecule has 0 bridgehead atoms. The molecule has 1 aliphatic rings. The zero-order valence-electron chi connectivity index (χ0n) is 11.1. The third-order valence-electron chi connectivity index (χ3n) is 3.83. The average Bonchev–Trinajstić information content (AvgIpc) is 2.87. The van der Waals surface area contributed by atoms with Crippen molar-refractivity contribution in [2.45, 2.75) is 44.6 Å². The molecule has 0 radical (unpaired) electrons. The maximum absolute atomic E-state index is 5.45. The van der Waals surface area contributed by atoms with Crippen molar-refractivity contribution in [2.24, 2.45) is 5.84 Å². The summed E-state index contributed by atoms with van der Waals surface area (Å²) in [5, 5.41) is 6.74. The van der Waals surface area contributed by atoms with Gasteiger partial charge in [-0.2, -0.15) is 4.98 Å². The van der Waals surface area contributed by atoms with Crippen molar-refractivity contribution < 1.29 is 0 Å². The summed E-state index contributed by atoms with van der Waals surface area (Å²) in [6.45, 7) is 2.28. The van der Waals surface area contributed by atoms with Gasteiger partial charge in [0.15, 0.2) is 0 Å². The second-order valence-electron chi connectivity index (χ2n) is 5.43. The van der Waals surface area contributed by atoms with Crippen molar-refractivity contribution in [1.82, 2.24) is 9.97 Å². The molecule has 4 N–H and O–H groups in total. The van der Waals surface area contributed by atoms with E-state index in [0.29, 0.717) is 5.95 Å². The topological polar surface area (TPSA) is 75.9 Å². The van der Waals surface area contributed by atoms with Crippen LogP contribution in [0.5, 0.6) is 0 Å². The minimum atomic E-state index is 0.132. The highest BCUT2D eigenvalue weighted by atomic mass is 32.1. The summed E-state index contributed by atoms with van der Waals surface area (Å²) in [5.41, 5.74) is 2.68. The summed E-state index contributed by atoms with van der Waals surface area (Å²) in [4.78, 5) is 9.80. The molecule has 19 heavy (non-hydrogen) atoms. The standard InChI is InChI=1S/C13H19N5S/c1-13(6-3-2-4-7-13)17-10-9-5-8-19-11(9)16-12(15-10)18-14/h5,8H,2-4,6-7,14H2,1H3,(H2,15,16,17,18). The summed E-state index contributed by atoms with van der Waals surface area (Å²) in [7, 11) is 0. The third kappa shape index (κ3) is 2.50. The van der Waals surface area contributed by atoms with E-state index >= 15 is 0 Å². The lowest BCUT2D eigenvalue weighted by atomic mass is 9.83. The molecule has 1 aliphatic carbocycles. The van der Waals surface area contributed by atoms with E-state index in [1.165, 1.54) is 32.1 Å². The maximum atomic E-state index is 5.45. The second-order valence-corrected chi connectivity index (χ2v) is 6.32. The number of hydrogen-bond acceptors (Lipinski definition) is 6. The van der Waals surface area contributed by atoms with Crippen LogP contribution in [-0.2, 0) is 0 Å². The molecule has 0 amide bonds. The van der Waals surface area contributed by atoms with Crippen molar-refractivity contribution in [1.29, 1.82) is 0 Å². The number of nitrogens with zero attached hydrogens (tertiary/aromatic N) is 2. The van der Waals surface area contributed by atoms with Crippen LogP contribution in [0.25, 0.3) is 10.2 Å². The molecule has 0 aliphatic heterocycles. The first-order chi connectivity index (χ1) is 9.20. The molecular formula is C13H19N5S. The lowest BCUT2D eigenvalue weighted by Gasteiger charge is -2.35. The Morgan fingerprint density at radius 1 is 1.26 bits per heavy atom. The fraction of sp³-hybridized carbons (Fsp3) is 0.538. The molecule has 0 aromatic carbocycles. The van der Waals surface area contributed by atoms with Crippen LogP contribution < -0.4 is 16.6 Å². The Kier molecular flexibility index (Phi) is 3.28. The Hall–Kier alpha value is -1.40. The number of fused-ring (bicyclic) bond motifs is 1. The molecule has 3 rings (SSSR count). The van der Waals surface area contributed by atoms with Crippen LogP contribution in [-0.4, -0.2) is 15.5 Å². The molecule has 102 valence electrons. The van der Waals surface area contributed by atoms with Gasteiger partial charge < -0.3 is 5.32 Å². The van der Waals surface area contributed by atoms with E-state index in [1.807, 2.05) is 5.38 Å². The van der Waals surface area contributed by atoms with E-state index in [9.17, 15) is 0 Å². The van der Waals surface area contributed by atoms with Gasteiger partial charge in [0.05, 0.1) is 5.39 Å². The largest absolute Gasteiger partial charge is 0.364 e. The highest BCUT2D eigenvalue weighted by Crippen LogP contribution is 2.34. The van der Waals surface area contributed by atoms with Crippen molar-refractivity contribution in [2.75, 3.05) is 10.7 Å². The number of hydrazine groups is 1. The summed E-state index contributed by atoms with van der Waals surface area (Å²) in [5.74, 6) is 6.81. The molecule has 0 saturated heterocycles. The van der Waals surface area contributed by atoms with Gasteiger partial charge in [-0.1, -0.05) is 19.3 Å². The predicted molar refractivity (Wildman–Crippen MR) is 80.3 cm³/mol. The SMILES string of the molecule is CC1(Nc2nc(NN)nc3sccc23)CCCCC1. The second kappa shape index (κ2) is 4.94. The highest BCUT2D eigenvalue weighted by molar-refractivity contribution is 7.16. The van der Waals surface area contributed by atoms with E-state index in [1.54, 1.807) is 11.3 Å². The molecule has 0 spiro atoms. The van der Waals surface area contributed by atoms with Crippen LogP contribution in [0.1, 0.15) is 39.0 Å². The number of nitrogens with one attached hydrogen (secondary N) is 2. The molecule has 0 unspecified atom stereocenters. The number of thiophene rings is 1. The fourth-order valence-electron chi connectivity index (χ4n) is 2.76. The lowest BCUT2D eigenvalue weighted by molar-refractivity contribution is 0.349. The quantitative estimate of drug-likeness (QED) is 0.593. The average molecular weight is 277 g/mol. The summed E-state index contributed by atoms with van der Waals surface area (Å²) in [6, 6.07) is 2.06. The Morgan fingerprint density at radius 3 is 2.79 bits per heavy atom. The molecule has 0 atom stereocenters. The number of rotatable bonds is 3. The van der Waals surface area contributed by atoms with Crippen LogP contribution >= 0.6 is 11.3 Å². The van der Waals surface area contributed by atoms with Crippen molar-refractivity contribution in [3.8, 4) is 0 Å². The number of aromatic nitrogens is 2. The monoisotopic (exact) mass is 277 g/mol. The molecule has 2 aromatic rings. The first kappa shape index (κ1) is 12.6. The molecular weight excluding hydrogens is 258 g/mol. The van der Waals surface area contributed by atoms with Gasteiger partial charge in [-0.05, 0) is 31.2 Å². The van der Waals surface area contributed by atoms with E-state index in [2.05, 4.69) is 33.7 Å². The van der Waals surface area contributed by atoms with Crippen molar-refractivity contribution >= 4 is 33.3 Å². The third-order valence-corrected chi connectivity index (χ3v) is 4.64. The van der Waals surface area contributed by atoms with Crippen LogP contribution in [0.2, 0.25) is 0 Å². The van der Waals surface area contributed by atoms with Crippen molar-refractivity contribution in [3.63, 3.8) is 0 Å². The van der Waals surface area contributed by atoms with Gasteiger partial charge >= 0.3 is 0 Å². The number of hydrogen-bond donors (Lipinski definition) is 3.